The van der Waals surface area contributed by atoms with Gasteiger partial charge in [-0.3, -0.25) is 0 Å². The molecule has 62 valence electrons. The van der Waals surface area contributed by atoms with Crippen molar-refractivity contribution in [1.82, 2.24) is 10.4 Å². The molecule has 0 aliphatic carbocycles. The van der Waals surface area contributed by atoms with Crippen molar-refractivity contribution in [2.24, 2.45) is 0 Å². The van der Waals surface area contributed by atoms with Crippen LogP contribution in [0.25, 0.3) is 0 Å². The molecule has 0 saturated carbocycles. The molecule has 1 rings (SSSR count). The van der Waals surface area contributed by atoms with E-state index in [1.165, 1.54) is 12.1 Å². The summed E-state index contributed by atoms with van der Waals surface area (Å²) in [5, 5.41) is 4.04. The van der Waals surface area contributed by atoms with Crippen LogP contribution < -0.4 is 5.32 Å². The summed E-state index contributed by atoms with van der Waals surface area (Å²) >= 11 is 1.61. The molecule has 0 saturated heterocycles. The number of hydrogen-bond acceptors (Lipinski definition) is 4. The van der Waals surface area contributed by atoms with Gasteiger partial charge in [0.15, 0.2) is 0 Å². The van der Waals surface area contributed by atoms with E-state index in [9.17, 15) is 4.79 Å². The summed E-state index contributed by atoms with van der Waals surface area (Å²) in [6.45, 7) is 0. The largest absolute Gasteiger partial charge is 0.431 e. The van der Waals surface area contributed by atoms with Gasteiger partial charge in [-0.25, -0.2) is 4.79 Å². The molecule has 1 aliphatic heterocycles. The van der Waals surface area contributed by atoms with E-state index in [2.05, 4.69) is 5.32 Å². The smallest absolute Gasteiger partial charge is 0.323 e. The Morgan fingerprint density at radius 1 is 1.82 bits per heavy atom. The first-order chi connectivity index (χ1) is 5.27. The molecular formula is C6H10N2O2S. The minimum absolute atomic E-state index is 0.173. The molecule has 0 fully saturated rings. The summed E-state index contributed by atoms with van der Waals surface area (Å²) < 4.78 is 0. The van der Waals surface area contributed by atoms with Crippen LogP contribution in [0.1, 0.15) is 0 Å². The molecule has 0 aromatic rings. The van der Waals surface area contributed by atoms with Crippen molar-refractivity contribution in [3.8, 4) is 0 Å². The Kier molecular flexibility index (Phi) is 2.64. The van der Waals surface area contributed by atoms with Crippen molar-refractivity contribution in [2.45, 2.75) is 5.37 Å². The molecule has 5 heteroatoms. The number of hydroxylamine groups is 2. The van der Waals surface area contributed by atoms with Gasteiger partial charge in [-0.15, -0.1) is 11.8 Å². The number of amides is 1. The van der Waals surface area contributed by atoms with E-state index in [1.807, 2.05) is 12.3 Å². The zero-order chi connectivity index (χ0) is 8.27. The highest BCUT2D eigenvalue weighted by Gasteiger charge is 2.22. The maximum atomic E-state index is 10.7. The van der Waals surface area contributed by atoms with E-state index in [-0.39, 0.29) is 5.37 Å². The number of nitrogens with zero attached hydrogens (tertiary/aromatic N) is 1. The van der Waals surface area contributed by atoms with E-state index in [4.69, 9.17) is 4.84 Å². The van der Waals surface area contributed by atoms with Crippen molar-refractivity contribution in [3.05, 3.63) is 12.3 Å². The fourth-order valence-corrected chi connectivity index (χ4v) is 1.18. The Bertz CT molecular complexity index is 183. The van der Waals surface area contributed by atoms with Crippen LogP contribution in [0.3, 0.4) is 0 Å². The predicted octanol–water partition coefficient (Wildman–Crippen LogP) is 0.776. The van der Waals surface area contributed by atoms with Gasteiger partial charge in [0, 0.05) is 13.2 Å². The second-order valence-electron chi connectivity index (χ2n) is 1.96. The van der Waals surface area contributed by atoms with Gasteiger partial charge >= 0.3 is 6.09 Å². The maximum absolute atomic E-state index is 10.7. The summed E-state index contributed by atoms with van der Waals surface area (Å²) in [5.41, 5.74) is 0. The third kappa shape index (κ3) is 1.80. The van der Waals surface area contributed by atoms with E-state index < -0.39 is 6.09 Å². The van der Waals surface area contributed by atoms with Gasteiger partial charge in [0.05, 0.1) is 0 Å². The van der Waals surface area contributed by atoms with Crippen LogP contribution in [-0.2, 0) is 4.84 Å². The minimum Gasteiger partial charge on any atom is -0.323 e. The molecule has 1 atom stereocenters. The summed E-state index contributed by atoms with van der Waals surface area (Å²) in [6, 6.07) is 0. The second kappa shape index (κ2) is 3.52. The Morgan fingerprint density at radius 3 is 2.91 bits per heavy atom. The predicted molar refractivity (Wildman–Crippen MR) is 43.8 cm³/mol. The molecule has 1 unspecified atom stereocenters. The van der Waals surface area contributed by atoms with Crippen molar-refractivity contribution in [1.29, 1.82) is 0 Å². The van der Waals surface area contributed by atoms with Crippen molar-refractivity contribution < 1.29 is 9.63 Å². The zero-order valence-electron chi connectivity index (χ0n) is 6.40. The SMILES string of the molecule is CNC(=O)ON1C=CC1SC. The summed E-state index contributed by atoms with van der Waals surface area (Å²) in [4.78, 5) is 15.5. The normalized spacial score (nSPS) is 20.9. The van der Waals surface area contributed by atoms with Gasteiger partial charge in [-0.2, -0.15) is 5.06 Å². The van der Waals surface area contributed by atoms with Crippen LogP contribution in [0.4, 0.5) is 4.79 Å². The Balaban J connectivity index is 2.29. The molecule has 1 amide bonds. The molecule has 0 radical (unpaired) electrons. The number of thioether (sulfide) groups is 1. The highest BCUT2D eigenvalue weighted by atomic mass is 32.2. The average molecular weight is 174 g/mol. The van der Waals surface area contributed by atoms with Gasteiger partial charge in [-0.1, -0.05) is 0 Å². The fourth-order valence-electron chi connectivity index (χ4n) is 0.633. The highest BCUT2D eigenvalue weighted by molar-refractivity contribution is 7.99. The summed E-state index contributed by atoms with van der Waals surface area (Å²) in [5.74, 6) is 0. The summed E-state index contributed by atoms with van der Waals surface area (Å²) in [7, 11) is 1.53. The van der Waals surface area contributed by atoms with Crippen molar-refractivity contribution in [3.63, 3.8) is 0 Å². The standard InChI is InChI=1S/C6H10N2O2S/c1-7-6(9)10-8-4-3-5(8)11-2/h3-5H,1-2H3,(H,7,9). The lowest BCUT2D eigenvalue weighted by atomic mass is 10.4. The van der Waals surface area contributed by atoms with Gasteiger partial charge in [-0.05, 0) is 12.3 Å². The number of hydrogen-bond donors (Lipinski definition) is 1. The third-order valence-electron chi connectivity index (χ3n) is 1.28. The van der Waals surface area contributed by atoms with Crippen molar-refractivity contribution in [2.75, 3.05) is 13.3 Å². The molecule has 1 aliphatic rings. The van der Waals surface area contributed by atoms with Crippen LogP contribution in [0, 0.1) is 0 Å². The Hall–Kier alpha value is -0.840. The van der Waals surface area contributed by atoms with Crippen LogP contribution >= 0.6 is 11.8 Å². The quantitative estimate of drug-likeness (QED) is 0.671. The molecule has 11 heavy (non-hydrogen) atoms. The Labute approximate surface area is 69.5 Å². The van der Waals surface area contributed by atoms with Crippen LogP contribution in [-0.4, -0.2) is 29.8 Å². The molecule has 0 bridgehead atoms. The zero-order valence-corrected chi connectivity index (χ0v) is 7.22. The average Bonchev–Trinajstić information content (AvgIpc) is 1.98. The summed E-state index contributed by atoms with van der Waals surface area (Å²) in [6.07, 6.45) is 5.19. The van der Waals surface area contributed by atoms with Gasteiger partial charge in [0.2, 0.25) is 0 Å². The van der Waals surface area contributed by atoms with E-state index in [0.717, 1.165) is 0 Å². The van der Waals surface area contributed by atoms with Gasteiger partial charge in [0.25, 0.3) is 0 Å². The molecule has 4 nitrogen and oxygen atoms in total. The first-order valence-electron chi connectivity index (χ1n) is 3.17. The van der Waals surface area contributed by atoms with E-state index in [0.29, 0.717) is 0 Å². The second-order valence-corrected chi connectivity index (χ2v) is 2.91. The molecule has 1 N–H and O–H groups in total. The number of rotatable bonds is 2. The maximum Gasteiger partial charge on any atom is 0.431 e. The molecule has 0 aromatic carbocycles. The molecule has 0 spiro atoms. The number of carbonyl (C=O) groups excluding carboxylic acids is 1. The van der Waals surface area contributed by atoms with Crippen molar-refractivity contribution >= 4 is 17.9 Å². The highest BCUT2D eigenvalue weighted by Crippen LogP contribution is 2.22. The number of nitrogens with one attached hydrogen (secondary N) is 1. The number of carbonyl (C=O) groups is 1. The lowest BCUT2D eigenvalue weighted by Crippen LogP contribution is -2.38. The minimum atomic E-state index is -0.437. The van der Waals surface area contributed by atoms with Crippen LogP contribution in [0.5, 0.6) is 0 Å². The Morgan fingerprint density at radius 2 is 2.55 bits per heavy atom. The van der Waals surface area contributed by atoms with E-state index in [1.54, 1.807) is 18.0 Å². The topological polar surface area (TPSA) is 41.6 Å². The van der Waals surface area contributed by atoms with Gasteiger partial charge < -0.3 is 10.2 Å². The van der Waals surface area contributed by atoms with Crippen LogP contribution in [0.2, 0.25) is 0 Å². The van der Waals surface area contributed by atoms with E-state index >= 15 is 0 Å². The molecule has 0 aromatic heterocycles. The first kappa shape index (κ1) is 8.26. The third-order valence-corrected chi connectivity index (χ3v) is 2.13. The molecule has 1 heterocycles. The van der Waals surface area contributed by atoms with Crippen LogP contribution in [0.15, 0.2) is 12.3 Å². The molecular weight excluding hydrogens is 164 g/mol. The van der Waals surface area contributed by atoms with Gasteiger partial charge in [0.1, 0.15) is 5.37 Å². The lowest BCUT2D eigenvalue weighted by Gasteiger charge is -2.31. The monoisotopic (exact) mass is 174 g/mol. The lowest BCUT2D eigenvalue weighted by molar-refractivity contribution is -0.0713. The first-order valence-corrected chi connectivity index (χ1v) is 4.46. The fraction of sp³-hybridized carbons (Fsp3) is 0.500.